The van der Waals surface area contributed by atoms with Crippen LogP contribution in [0.4, 0.5) is 0 Å². The third kappa shape index (κ3) is 25.3. The molecule has 4 aromatic rings. The largest absolute Gasteiger partial charge is 0.276 e. The molecule has 0 radical (unpaired) electrons. The Hall–Kier alpha value is -3.37. The highest BCUT2D eigenvalue weighted by Gasteiger charge is 1.85. The van der Waals surface area contributed by atoms with Crippen molar-refractivity contribution in [3.05, 3.63) is 53.9 Å². The minimum Gasteiger partial charge on any atom is -0.276 e. The third-order valence-corrected chi connectivity index (χ3v) is 2.99. The summed E-state index contributed by atoms with van der Waals surface area (Å²) in [6.45, 7) is 23.7. The molecule has 0 fully saturated rings. The van der Waals surface area contributed by atoms with Gasteiger partial charge in [0.2, 0.25) is 0 Å². The molecule has 0 N–H and O–H groups in total. The van der Waals surface area contributed by atoms with Crippen LogP contribution in [0.3, 0.4) is 0 Å². The van der Waals surface area contributed by atoms with Crippen molar-refractivity contribution in [3.63, 3.8) is 0 Å². The van der Waals surface area contributed by atoms with Crippen molar-refractivity contribution in [1.82, 2.24) is 54.5 Å². The number of aryl methyl sites for hydroxylation is 8. The highest BCUT2D eigenvalue weighted by atomic mass is 15.4. The molecular formula is C25H53N11. The Balaban J connectivity index is -0.000000173. The van der Waals surface area contributed by atoms with Crippen LogP contribution in [-0.4, -0.2) is 54.5 Å². The highest BCUT2D eigenvalue weighted by molar-refractivity contribution is 4.93. The molecule has 0 atom stereocenters. The van der Waals surface area contributed by atoms with Gasteiger partial charge in [-0.3, -0.25) is 14.0 Å². The Morgan fingerprint density at radius 2 is 1.17 bits per heavy atom. The summed E-state index contributed by atoms with van der Waals surface area (Å²) in [6, 6.07) is 1.97. The van der Waals surface area contributed by atoms with Gasteiger partial charge in [-0.15, -0.1) is 5.10 Å². The molecule has 11 heteroatoms. The van der Waals surface area contributed by atoms with Crippen molar-refractivity contribution in [3.8, 4) is 0 Å². The number of rotatable bonds is 0. The molecule has 0 saturated heterocycles. The van der Waals surface area contributed by atoms with E-state index in [1.807, 2.05) is 123 Å². The van der Waals surface area contributed by atoms with Gasteiger partial charge in [-0.05, 0) is 33.8 Å². The molecule has 4 rings (SSSR count). The average molecular weight is 508 g/mol. The first-order valence-corrected chi connectivity index (χ1v) is 12.6. The fraction of sp³-hybridized carbons (Fsp3) is 0.640. The van der Waals surface area contributed by atoms with Gasteiger partial charge in [0.15, 0.2) is 0 Å². The van der Waals surface area contributed by atoms with Crippen molar-refractivity contribution in [2.75, 3.05) is 0 Å². The molecule has 0 spiro atoms. The van der Waals surface area contributed by atoms with E-state index in [4.69, 9.17) is 0 Å². The zero-order chi connectivity index (χ0) is 29.1. The molecule has 208 valence electrons. The van der Waals surface area contributed by atoms with Crippen LogP contribution in [0.25, 0.3) is 0 Å². The second-order valence-electron chi connectivity index (χ2n) is 6.11. The standard InChI is InChI=1S/C5H8N2.3C4H7N3.4C2H6/c1-5-3-4-7(2)6-5;1-4-5-3-7(2)6-4;1-4-3-7(2)6-5-4;1-4-3-5-7(2)6-4;4*1-2/h3-4H,1-2H3;3*3H,1-2H3;4*1-2H3. The van der Waals surface area contributed by atoms with E-state index in [0.29, 0.717) is 0 Å². The lowest BCUT2D eigenvalue weighted by Gasteiger charge is -1.79. The summed E-state index contributed by atoms with van der Waals surface area (Å²) >= 11 is 0. The van der Waals surface area contributed by atoms with Crippen molar-refractivity contribution >= 4 is 0 Å². The molecular weight excluding hydrogens is 454 g/mol. The van der Waals surface area contributed by atoms with Gasteiger partial charge in [0, 0.05) is 40.6 Å². The first-order chi connectivity index (χ1) is 17.2. The lowest BCUT2D eigenvalue weighted by molar-refractivity contribution is 0.649. The molecule has 0 aliphatic rings. The SMILES string of the molecule is CC.CC.CC.CC.Cc1ccn(C)n1.Cc1cn(C)nn1.Cc1cnn(C)n1.Cc1ncn(C)n1. The lowest BCUT2D eigenvalue weighted by Crippen LogP contribution is -1.90. The van der Waals surface area contributed by atoms with Crippen LogP contribution in [0.1, 0.15) is 78.3 Å². The third-order valence-electron chi connectivity index (χ3n) is 2.99. The molecule has 0 saturated carbocycles. The number of hydrogen-bond donors (Lipinski definition) is 0. The maximum Gasteiger partial charge on any atom is 0.147 e. The summed E-state index contributed by atoms with van der Waals surface area (Å²) in [7, 11) is 7.40. The predicted molar refractivity (Wildman–Crippen MR) is 151 cm³/mol. The number of hydrogen-bond acceptors (Lipinski definition) is 7. The van der Waals surface area contributed by atoms with E-state index in [1.54, 1.807) is 33.6 Å². The topological polar surface area (TPSA) is 110 Å². The fourth-order valence-electron chi connectivity index (χ4n) is 1.89. The summed E-state index contributed by atoms with van der Waals surface area (Å²) in [6.07, 6.45) is 7.19. The van der Waals surface area contributed by atoms with Crippen molar-refractivity contribution < 1.29 is 0 Å². The maximum atomic E-state index is 4.03. The zero-order valence-electron chi connectivity index (χ0n) is 25.8. The molecule has 36 heavy (non-hydrogen) atoms. The molecule has 4 aromatic heterocycles. The van der Waals surface area contributed by atoms with E-state index in [9.17, 15) is 0 Å². The first-order valence-electron chi connectivity index (χ1n) is 12.6. The van der Waals surface area contributed by atoms with E-state index < -0.39 is 0 Å². The van der Waals surface area contributed by atoms with Crippen molar-refractivity contribution in [2.45, 2.75) is 83.1 Å². The zero-order valence-corrected chi connectivity index (χ0v) is 25.8. The van der Waals surface area contributed by atoms with Gasteiger partial charge in [-0.1, -0.05) is 60.6 Å². The fourth-order valence-corrected chi connectivity index (χ4v) is 1.89. The normalized spacial score (nSPS) is 8.00. The van der Waals surface area contributed by atoms with Crippen LogP contribution in [-0.2, 0) is 28.2 Å². The number of nitrogens with zero attached hydrogens (tertiary/aromatic N) is 11. The van der Waals surface area contributed by atoms with E-state index in [0.717, 1.165) is 22.9 Å². The minimum absolute atomic E-state index is 0.822. The molecule has 0 aliphatic heterocycles. The predicted octanol–water partition coefficient (Wildman–Crippen LogP) is 5.20. The Kier molecular flexibility index (Phi) is 30.8. The van der Waals surface area contributed by atoms with E-state index in [1.165, 1.54) is 4.80 Å². The lowest BCUT2D eigenvalue weighted by atomic mass is 10.5. The quantitative estimate of drug-likeness (QED) is 0.321. The van der Waals surface area contributed by atoms with Crippen LogP contribution in [0.5, 0.6) is 0 Å². The first kappa shape index (κ1) is 39.8. The molecule has 0 aliphatic carbocycles. The molecule has 4 heterocycles. The van der Waals surface area contributed by atoms with Crippen LogP contribution in [0, 0.1) is 27.7 Å². The van der Waals surface area contributed by atoms with Gasteiger partial charge < -0.3 is 0 Å². The molecule has 0 unspecified atom stereocenters. The van der Waals surface area contributed by atoms with Crippen LogP contribution in [0.15, 0.2) is 31.0 Å². The summed E-state index contributed by atoms with van der Waals surface area (Å²) < 4.78 is 5.14. The average Bonchev–Trinajstić information content (AvgIpc) is 3.66. The monoisotopic (exact) mass is 507 g/mol. The van der Waals surface area contributed by atoms with Crippen LogP contribution < -0.4 is 0 Å². The Bertz CT molecular complexity index is 714. The van der Waals surface area contributed by atoms with Gasteiger partial charge in [-0.2, -0.15) is 25.2 Å². The van der Waals surface area contributed by atoms with E-state index >= 15 is 0 Å². The Morgan fingerprint density at radius 1 is 0.611 bits per heavy atom. The van der Waals surface area contributed by atoms with E-state index in [-0.39, 0.29) is 0 Å². The molecule has 11 nitrogen and oxygen atoms in total. The van der Waals surface area contributed by atoms with Gasteiger partial charge in [0.05, 0.1) is 23.3 Å². The Morgan fingerprint density at radius 3 is 1.28 bits per heavy atom. The summed E-state index contributed by atoms with van der Waals surface area (Å²) in [5, 5.41) is 23.1. The molecule has 0 aromatic carbocycles. The summed E-state index contributed by atoms with van der Waals surface area (Å²) in [5.41, 5.74) is 2.99. The van der Waals surface area contributed by atoms with Gasteiger partial charge in [0.1, 0.15) is 12.2 Å². The maximum absolute atomic E-state index is 4.03. The molecule has 0 amide bonds. The molecule has 0 bridgehead atoms. The second-order valence-corrected chi connectivity index (χ2v) is 6.11. The minimum atomic E-state index is 0.822. The number of aromatic nitrogens is 11. The van der Waals surface area contributed by atoms with E-state index in [2.05, 4.69) is 35.7 Å². The van der Waals surface area contributed by atoms with Gasteiger partial charge >= 0.3 is 0 Å². The summed E-state index contributed by atoms with van der Waals surface area (Å²) in [5.74, 6) is 0.822. The second kappa shape index (κ2) is 27.9. The Labute approximate surface area is 220 Å². The van der Waals surface area contributed by atoms with Crippen LogP contribution >= 0.6 is 0 Å². The van der Waals surface area contributed by atoms with Crippen molar-refractivity contribution in [1.29, 1.82) is 0 Å². The van der Waals surface area contributed by atoms with Crippen molar-refractivity contribution in [2.24, 2.45) is 28.2 Å². The van der Waals surface area contributed by atoms with Gasteiger partial charge in [-0.25, -0.2) is 4.98 Å². The highest BCUT2D eigenvalue weighted by Crippen LogP contribution is 1.87. The van der Waals surface area contributed by atoms with Crippen LogP contribution in [0.2, 0.25) is 0 Å². The summed E-state index contributed by atoms with van der Waals surface area (Å²) in [4.78, 5) is 5.41. The smallest absolute Gasteiger partial charge is 0.147 e. The van der Waals surface area contributed by atoms with Gasteiger partial charge in [0.25, 0.3) is 0 Å².